The maximum absolute atomic E-state index is 12.3. The van der Waals surface area contributed by atoms with Crippen molar-refractivity contribution in [3.63, 3.8) is 0 Å². The van der Waals surface area contributed by atoms with Crippen molar-refractivity contribution >= 4 is 11.6 Å². The summed E-state index contributed by atoms with van der Waals surface area (Å²) in [5.74, 6) is -0.140. The van der Waals surface area contributed by atoms with Crippen LogP contribution in [0.15, 0.2) is 29.4 Å². The van der Waals surface area contributed by atoms with Crippen molar-refractivity contribution < 1.29 is 4.79 Å². The fraction of sp³-hybridized carbons (Fsp3) is 0.533. The van der Waals surface area contributed by atoms with Crippen LogP contribution >= 0.6 is 0 Å². The molecule has 1 amide bonds. The third-order valence-electron chi connectivity index (χ3n) is 3.74. The second-order valence-corrected chi connectivity index (χ2v) is 5.22. The Morgan fingerprint density at radius 2 is 1.80 bits per heavy atom. The molecule has 1 aromatic carbocycles. The van der Waals surface area contributed by atoms with Crippen molar-refractivity contribution in [1.29, 1.82) is 0 Å². The van der Waals surface area contributed by atoms with Crippen LogP contribution in [0.4, 0.5) is 5.69 Å². The largest absolute Gasteiger partial charge is 0.349 e. The van der Waals surface area contributed by atoms with Crippen LogP contribution in [0.1, 0.15) is 55.3 Å². The van der Waals surface area contributed by atoms with Gasteiger partial charge in [0.05, 0.1) is 5.69 Å². The van der Waals surface area contributed by atoms with Gasteiger partial charge in [-0.25, -0.2) is 0 Å². The second-order valence-electron chi connectivity index (χ2n) is 5.22. The lowest BCUT2D eigenvalue weighted by molar-refractivity contribution is 0.0931. The molecule has 0 bridgehead atoms. The molecule has 0 spiro atoms. The van der Waals surface area contributed by atoms with Gasteiger partial charge in [-0.3, -0.25) is 4.79 Å². The van der Waals surface area contributed by atoms with Gasteiger partial charge in [0.2, 0.25) is 0 Å². The summed E-state index contributed by atoms with van der Waals surface area (Å²) >= 11 is 0. The van der Waals surface area contributed by atoms with Crippen LogP contribution in [-0.4, -0.2) is 11.9 Å². The summed E-state index contributed by atoms with van der Waals surface area (Å²) in [7, 11) is 0. The fourth-order valence-corrected chi connectivity index (χ4v) is 2.66. The molecule has 0 heterocycles. The number of hydrogen-bond acceptors (Lipinski definition) is 2. The van der Waals surface area contributed by atoms with E-state index in [0.717, 1.165) is 12.8 Å². The zero-order chi connectivity index (χ0) is 14.2. The van der Waals surface area contributed by atoms with E-state index in [1.165, 1.54) is 32.1 Å². The predicted octanol–water partition coefficient (Wildman–Crippen LogP) is 4.47. The van der Waals surface area contributed by atoms with Crippen molar-refractivity contribution in [3.8, 4) is 0 Å². The Labute approximate surface area is 119 Å². The van der Waals surface area contributed by atoms with Crippen molar-refractivity contribution in [2.24, 2.45) is 5.11 Å². The third kappa shape index (κ3) is 4.00. The van der Waals surface area contributed by atoms with Gasteiger partial charge in [-0.15, -0.1) is 0 Å². The number of benzene rings is 1. The van der Waals surface area contributed by atoms with Crippen LogP contribution in [0, 0.1) is 0 Å². The Morgan fingerprint density at radius 1 is 1.15 bits per heavy atom. The summed E-state index contributed by atoms with van der Waals surface area (Å²) in [5.41, 5.74) is 9.38. The van der Waals surface area contributed by atoms with Gasteiger partial charge in [0, 0.05) is 16.5 Å². The second kappa shape index (κ2) is 7.56. The van der Waals surface area contributed by atoms with Gasteiger partial charge >= 0.3 is 0 Å². The molecule has 1 aliphatic rings. The summed E-state index contributed by atoms with van der Waals surface area (Å²) in [4.78, 5) is 15.1. The van der Waals surface area contributed by atoms with E-state index in [1.807, 2.05) is 0 Å². The quantitative estimate of drug-likeness (QED) is 0.491. The molecule has 1 aliphatic carbocycles. The van der Waals surface area contributed by atoms with Crippen molar-refractivity contribution in [1.82, 2.24) is 5.32 Å². The molecule has 0 aromatic heterocycles. The smallest absolute Gasteiger partial charge is 0.251 e. The Morgan fingerprint density at radius 3 is 2.50 bits per heavy atom. The first-order valence-corrected chi connectivity index (χ1v) is 7.26. The predicted molar refractivity (Wildman–Crippen MR) is 78.8 cm³/mol. The van der Waals surface area contributed by atoms with Crippen LogP contribution in [0.5, 0.6) is 0 Å². The number of nitrogens with one attached hydrogen (secondary N) is 1. The molecule has 1 N–H and O–H groups in total. The van der Waals surface area contributed by atoms with Gasteiger partial charge < -0.3 is 5.32 Å². The average molecular weight is 272 g/mol. The van der Waals surface area contributed by atoms with Crippen LogP contribution in [0.3, 0.4) is 0 Å². The number of nitrogens with zero attached hydrogens (tertiary/aromatic N) is 3. The van der Waals surface area contributed by atoms with Gasteiger partial charge in [-0.05, 0) is 24.4 Å². The molecule has 0 aliphatic heterocycles. The van der Waals surface area contributed by atoms with Crippen LogP contribution in [0.25, 0.3) is 10.4 Å². The number of azide groups is 1. The van der Waals surface area contributed by atoms with Crippen molar-refractivity contribution in [2.75, 3.05) is 0 Å². The van der Waals surface area contributed by atoms with Gasteiger partial charge in [-0.1, -0.05) is 55.4 Å². The summed E-state index contributed by atoms with van der Waals surface area (Å²) in [6.07, 6.45) is 8.22. The molecular weight excluding hydrogens is 252 g/mol. The molecule has 0 atom stereocenters. The van der Waals surface area contributed by atoms with Crippen LogP contribution in [-0.2, 0) is 0 Å². The first-order valence-electron chi connectivity index (χ1n) is 7.26. The van der Waals surface area contributed by atoms with E-state index in [4.69, 9.17) is 5.53 Å². The van der Waals surface area contributed by atoms with E-state index in [0.29, 0.717) is 11.3 Å². The molecule has 106 valence electrons. The van der Waals surface area contributed by atoms with E-state index >= 15 is 0 Å². The molecule has 5 nitrogen and oxygen atoms in total. The summed E-state index contributed by atoms with van der Waals surface area (Å²) in [6, 6.07) is 7.14. The highest BCUT2D eigenvalue weighted by Gasteiger charge is 2.16. The molecule has 0 radical (unpaired) electrons. The Kier molecular flexibility index (Phi) is 5.44. The van der Waals surface area contributed by atoms with Gasteiger partial charge in [0.15, 0.2) is 0 Å². The Balaban J connectivity index is 2.05. The average Bonchev–Trinajstić information content (AvgIpc) is 2.42. The van der Waals surface area contributed by atoms with E-state index < -0.39 is 0 Å². The van der Waals surface area contributed by atoms with Gasteiger partial charge in [0.25, 0.3) is 5.91 Å². The highest BCUT2D eigenvalue weighted by molar-refractivity contribution is 5.99. The normalized spacial score (nSPS) is 16.6. The number of carbonyl (C=O) groups excluding carboxylic acids is 1. The number of hydrogen-bond donors (Lipinski definition) is 1. The Hall–Kier alpha value is -2.00. The monoisotopic (exact) mass is 272 g/mol. The minimum Gasteiger partial charge on any atom is -0.349 e. The summed E-state index contributed by atoms with van der Waals surface area (Å²) in [5, 5.41) is 6.65. The molecule has 5 heteroatoms. The lowest BCUT2D eigenvalue weighted by atomic mass is 9.96. The van der Waals surface area contributed by atoms with Crippen molar-refractivity contribution in [3.05, 3.63) is 40.3 Å². The van der Waals surface area contributed by atoms with Crippen molar-refractivity contribution in [2.45, 2.75) is 51.0 Å². The minimum absolute atomic E-state index is 0.140. The van der Waals surface area contributed by atoms with Gasteiger partial charge in [0.1, 0.15) is 0 Å². The first kappa shape index (κ1) is 14.4. The van der Waals surface area contributed by atoms with Crippen LogP contribution < -0.4 is 5.32 Å². The molecule has 1 saturated carbocycles. The molecule has 2 rings (SSSR count). The summed E-state index contributed by atoms with van der Waals surface area (Å²) < 4.78 is 0. The van der Waals surface area contributed by atoms with E-state index in [1.54, 1.807) is 24.3 Å². The van der Waals surface area contributed by atoms with Crippen LogP contribution in [0.2, 0.25) is 0 Å². The van der Waals surface area contributed by atoms with E-state index in [2.05, 4.69) is 15.3 Å². The standard InChI is InChI=1S/C15H20N4O/c16-19-18-14-11-7-6-10-13(14)15(20)17-12-8-4-2-1-3-5-9-12/h6-7,10-12H,1-5,8-9H2,(H,17,20). The summed E-state index contributed by atoms with van der Waals surface area (Å²) in [6.45, 7) is 0. The molecule has 0 unspecified atom stereocenters. The maximum Gasteiger partial charge on any atom is 0.251 e. The number of amides is 1. The number of carbonyl (C=O) groups is 1. The fourth-order valence-electron chi connectivity index (χ4n) is 2.66. The Bertz CT molecular complexity index is 500. The lowest BCUT2D eigenvalue weighted by Gasteiger charge is -2.21. The SMILES string of the molecule is [N-]=[N+]=Nc1ccccc1C(=O)NC1CCCCCCC1. The zero-order valence-electron chi connectivity index (χ0n) is 11.6. The first-order chi connectivity index (χ1) is 9.81. The molecule has 1 fully saturated rings. The van der Waals surface area contributed by atoms with E-state index in [9.17, 15) is 4.79 Å². The third-order valence-corrected chi connectivity index (χ3v) is 3.74. The molecule has 1 aromatic rings. The zero-order valence-corrected chi connectivity index (χ0v) is 11.6. The highest BCUT2D eigenvalue weighted by Crippen LogP contribution is 2.21. The lowest BCUT2D eigenvalue weighted by Crippen LogP contribution is -2.35. The molecule has 0 saturated heterocycles. The van der Waals surface area contributed by atoms with E-state index in [-0.39, 0.29) is 11.9 Å². The highest BCUT2D eigenvalue weighted by atomic mass is 16.1. The topological polar surface area (TPSA) is 77.9 Å². The van der Waals surface area contributed by atoms with Gasteiger partial charge in [-0.2, -0.15) is 0 Å². The minimum atomic E-state index is -0.140. The number of rotatable bonds is 3. The molecular formula is C15H20N4O. The molecule has 20 heavy (non-hydrogen) atoms. The maximum atomic E-state index is 12.3.